The summed E-state index contributed by atoms with van der Waals surface area (Å²) < 4.78 is 0. The van der Waals surface area contributed by atoms with Gasteiger partial charge in [-0.25, -0.2) is 0 Å². The van der Waals surface area contributed by atoms with Crippen molar-refractivity contribution in [2.75, 3.05) is 0 Å². The second kappa shape index (κ2) is 9.69. The SMILES string of the molecule is C=NC=CN(Cc1ccccc1)C1=C(C)CC(Cc2cccc3c2Cc2ccccc2-3)C=C1C. The highest BCUT2D eigenvalue weighted by molar-refractivity contribution is 5.77. The predicted molar refractivity (Wildman–Crippen MR) is 144 cm³/mol. The Balaban J connectivity index is 1.39. The van der Waals surface area contributed by atoms with E-state index in [1.165, 1.54) is 50.2 Å². The summed E-state index contributed by atoms with van der Waals surface area (Å²) in [6, 6.07) is 26.3. The first kappa shape index (κ1) is 22.2. The summed E-state index contributed by atoms with van der Waals surface area (Å²) in [6.45, 7) is 8.99. The van der Waals surface area contributed by atoms with Gasteiger partial charge in [0, 0.05) is 24.6 Å². The molecule has 0 heterocycles. The number of fused-ring (bicyclic) bond motifs is 3. The fourth-order valence-corrected chi connectivity index (χ4v) is 5.73. The van der Waals surface area contributed by atoms with Crippen LogP contribution in [0.25, 0.3) is 11.1 Å². The van der Waals surface area contributed by atoms with Gasteiger partial charge in [0.25, 0.3) is 0 Å². The van der Waals surface area contributed by atoms with Crippen LogP contribution in [0.2, 0.25) is 0 Å². The molecule has 0 spiro atoms. The maximum atomic E-state index is 3.97. The first-order chi connectivity index (χ1) is 16.6. The van der Waals surface area contributed by atoms with E-state index in [9.17, 15) is 0 Å². The van der Waals surface area contributed by atoms with Gasteiger partial charge in [0.15, 0.2) is 0 Å². The van der Waals surface area contributed by atoms with Crippen LogP contribution in [-0.2, 0) is 19.4 Å². The Morgan fingerprint density at radius 2 is 1.71 bits per heavy atom. The van der Waals surface area contributed by atoms with Crippen molar-refractivity contribution in [3.63, 3.8) is 0 Å². The van der Waals surface area contributed by atoms with E-state index in [-0.39, 0.29) is 0 Å². The van der Waals surface area contributed by atoms with Crippen LogP contribution < -0.4 is 0 Å². The topological polar surface area (TPSA) is 15.6 Å². The number of allylic oxidation sites excluding steroid dienone is 3. The normalized spacial score (nSPS) is 16.9. The Morgan fingerprint density at radius 1 is 0.941 bits per heavy atom. The third kappa shape index (κ3) is 4.41. The highest BCUT2D eigenvalue weighted by Gasteiger charge is 2.25. The minimum atomic E-state index is 0.513. The first-order valence-electron chi connectivity index (χ1n) is 12.1. The van der Waals surface area contributed by atoms with E-state index in [0.717, 1.165) is 25.8 Å². The number of aliphatic imine (C=N–C) groups is 1. The van der Waals surface area contributed by atoms with Crippen molar-refractivity contribution >= 4 is 6.72 Å². The highest BCUT2D eigenvalue weighted by atomic mass is 15.1. The molecule has 0 bridgehead atoms. The highest BCUT2D eigenvalue weighted by Crippen LogP contribution is 2.40. The Hall–Kier alpha value is -3.65. The van der Waals surface area contributed by atoms with Gasteiger partial charge in [-0.3, -0.25) is 4.99 Å². The molecule has 34 heavy (non-hydrogen) atoms. The average molecular weight is 445 g/mol. The lowest BCUT2D eigenvalue weighted by Crippen LogP contribution is -2.22. The zero-order chi connectivity index (χ0) is 23.5. The quantitative estimate of drug-likeness (QED) is 0.266. The van der Waals surface area contributed by atoms with E-state index in [4.69, 9.17) is 0 Å². The summed E-state index contributed by atoms with van der Waals surface area (Å²) in [5.41, 5.74) is 12.7. The zero-order valence-electron chi connectivity index (χ0n) is 20.2. The van der Waals surface area contributed by atoms with E-state index >= 15 is 0 Å². The molecule has 1 unspecified atom stereocenters. The molecule has 0 radical (unpaired) electrons. The number of rotatable bonds is 7. The van der Waals surface area contributed by atoms with Crippen LogP contribution in [0, 0.1) is 5.92 Å². The number of nitrogens with zero attached hydrogens (tertiary/aromatic N) is 2. The maximum Gasteiger partial charge on any atom is 0.0476 e. The summed E-state index contributed by atoms with van der Waals surface area (Å²) in [4.78, 5) is 6.29. The summed E-state index contributed by atoms with van der Waals surface area (Å²) in [6.07, 6.45) is 9.54. The minimum Gasteiger partial charge on any atom is -0.342 e. The molecule has 0 saturated heterocycles. The molecule has 3 aromatic carbocycles. The monoisotopic (exact) mass is 444 g/mol. The van der Waals surface area contributed by atoms with Gasteiger partial charge >= 0.3 is 0 Å². The molecule has 2 aliphatic carbocycles. The van der Waals surface area contributed by atoms with E-state index in [1.54, 1.807) is 6.20 Å². The van der Waals surface area contributed by atoms with E-state index in [1.807, 2.05) is 0 Å². The summed E-state index contributed by atoms with van der Waals surface area (Å²) >= 11 is 0. The second-order valence-corrected chi connectivity index (χ2v) is 9.52. The van der Waals surface area contributed by atoms with Gasteiger partial charge in [-0.2, -0.15) is 0 Å². The fraction of sp³-hybridized carbons (Fsp3) is 0.219. The van der Waals surface area contributed by atoms with Gasteiger partial charge in [0.05, 0.1) is 0 Å². The lowest BCUT2D eigenvalue weighted by atomic mass is 9.83. The Labute approximate surface area is 203 Å². The van der Waals surface area contributed by atoms with Crippen LogP contribution in [0.1, 0.15) is 42.5 Å². The van der Waals surface area contributed by atoms with E-state index in [0.29, 0.717) is 5.92 Å². The summed E-state index contributed by atoms with van der Waals surface area (Å²) in [5.74, 6) is 0.513. The Bertz CT molecular complexity index is 1290. The van der Waals surface area contributed by atoms with Crippen LogP contribution in [0.5, 0.6) is 0 Å². The molecule has 3 aromatic rings. The maximum absolute atomic E-state index is 3.97. The summed E-state index contributed by atoms with van der Waals surface area (Å²) in [5, 5.41) is 0. The second-order valence-electron chi connectivity index (χ2n) is 9.52. The summed E-state index contributed by atoms with van der Waals surface area (Å²) in [7, 11) is 0. The van der Waals surface area contributed by atoms with Crippen LogP contribution in [0.15, 0.2) is 113 Å². The molecule has 0 saturated carbocycles. The van der Waals surface area contributed by atoms with Gasteiger partial charge in [-0.1, -0.05) is 78.9 Å². The van der Waals surface area contributed by atoms with Crippen molar-refractivity contribution in [2.45, 2.75) is 39.7 Å². The van der Waals surface area contributed by atoms with E-state index in [2.05, 4.69) is 116 Å². The number of hydrogen-bond acceptors (Lipinski definition) is 2. The van der Waals surface area contributed by atoms with Crippen molar-refractivity contribution in [3.8, 4) is 11.1 Å². The van der Waals surface area contributed by atoms with Crippen LogP contribution in [-0.4, -0.2) is 11.6 Å². The molecule has 5 rings (SSSR count). The molecule has 0 aromatic heterocycles. The van der Waals surface area contributed by atoms with Crippen LogP contribution in [0.4, 0.5) is 0 Å². The standard InChI is InChI=1S/C32H32N2/c1-23-18-26(20-27-13-9-15-30-29-14-8-7-12-28(29)21-31(27)30)19-24(2)32(23)34(17-16-33-3)22-25-10-5-4-6-11-25/h4-18,26H,3,19-22H2,1-2H3. The van der Waals surface area contributed by atoms with Gasteiger partial charge in [0.1, 0.15) is 0 Å². The van der Waals surface area contributed by atoms with Crippen molar-refractivity contribution in [1.82, 2.24) is 4.90 Å². The van der Waals surface area contributed by atoms with Gasteiger partial charge in [0.2, 0.25) is 0 Å². The lowest BCUT2D eigenvalue weighted by molar-refractivity contribution is 0.445. The third-order valence-corrected chi connectivity index (χ3v) is 7.10. The smallest absolute Gasteiger partial charge is 0.0476 e. The number of benzene rings is 3. The van der Waals surface area contributed by atoms with Crippen molar-refractivity contribution in [1.29, 1.82) is 0 Å². The number of hydrogen-bond donors (Lipinski definition) is 0. The third-order valence-electron chi connectivity index (χ3n) is 7.10. The molecule has 0 amide bonds. The molecule has 0 fully saturated rings. The molecule has 2 aliphatic rings. The molecule has 1 atom stereocenters. The molecule has 0 N–H and O–H groups in total. The largest absolute Gasteiger partial charge is 0.342 e. The fourth-order valence-electron chi connectivity index (χ4n) is 5.73. The van der Waals surface area contributed by atoms with E-state index < -0.39 is 0 Å². The predicted octanol–water partition coefficient (Wildman–Crippen LogP) is 7.71. The Kier molecular flexibility index (Phi) is 6.31. The lowest BCUT2D eigenvalue weighted by Gasteiger charge is -2.32. The zero-order valence-corrected chi connectivity index (χ0v) is 20.2. The van der Waals surface area contributed by atoms with Gasteiger partial charge in [-0.05, 0) is 90.3 Å². The molecule has 170 valence electrons. The molecular weight excluding hydrogens is 412 g/mol. The van der Waals surface area contributed by atoms with Crippen LogP contribution in [0.3, 0.4) is 0 Å². The Morgan fingerprint density at radius 3 is 2.50 bits per heavy atom. The van der Waals surface area contributed by atoms with Gasteiger partial charge in [-0.15, -0.1) is 0 Å². The molecule has 2 heteroatoms. The van der Waals surface area contributed by atoms with Crippen molar-refractivity contribution < 1.29 is 0 Å². The molecular formula is C32H32N2. The first-order valence-corrected chi connectivity index (χ1v) is 12.1. The van der Waals surface area contributed by atoms with Crippen LogP contribution >= 0.6 is 0 Å². The molecule has 2 nitrogen and oxygen atoms in total. The van der Waals surface area contributed by atoms with Gasteiger partial charge < -0.3 is 4.90 Å². The minimum absolute atomic E-state index is 0.513. The average Bonchev–Trinajstić information content (AvgIpc) is 3.22. The molecule has 0 aliphatic heterocycles. The van der Waals surface area contributed by atoms with Crippen molar-refractivity contribution in [2.24, 2.45) is 10.9 Å². The van der Waals surface area contributed by atoms with Crippen molar-refractivity contribution in [3.05, 3.63) is 130 Å².